The zero-order chi connectivity index (χ0) is 24.8. The number of hydrogen-bond acceptors (Lipinski definition) is 3. The number of anilines is 1. The first kappa shape index (κ1) is 26.0. The molecule has 1 aromatic rings. The van der Waals surface area contributed by atoms with Gasteiger partial charge in [-0.15, -0.1) is 0 Å². The first-order valence-electron chi connectivity index (χ1n) is 12.9. The lowest BCUT2D eigenvalue weighted by atomic mass is 10.00. The second-order valence-corrected chi connectivity index (χ2v) is 10.5. The number of nitrogens with one attached hydrogen (secondary N) is 2. The van der Waals surface area contributed by atoms with Crippen LogP contribution in [-0.2, 0) is 9.59 Å². The Kier molecular flexibility index (Phi) is 8.97. The van der Waals surface area contributed by atoms with E-state index in [2.05, 4.69) is 10.6 Å². The van der Waals surface area contributed by atoms with Crippen LogP contribution in [0.5, 0.6) is 0 Å². The van der Waals surface area contributed by atoms with Crippen LogP contribution in [-0.4, -0.2) is 59.4 Å². The van der Waals surface area contributed by atoms with Crippen molar-refractivity contribution in [3.8, 4) is 0 Å². The van der Waals surface area contributed by atoms with Crippen LogP contribution < -0.4 is 10.6 Å². The van der Waals surface area contributed by atoms with E-state index in [1.807, 2.05) is 57.7 Å². The first-order chi connectivity index (χ1) is 16.2. The largest absolute Gasteiger partial charge is 0.337 e. The van der Waals surface area contributed by atoms with Crippen molar-refractivity contribution in [1.29, 1.82) is 0 Å². The van der Waals surface area contributed by atoms with Crippen molar-refractivity contribution in [2.75, 3.05) is 25.0 Å². The Morgan fingerprint density at radius 1 is 1.06 bits per heavy atom. The Morgan fingerprint density at radius 2 is 1.71 bits per heavy atom. The van der Waals surface area contributed by atoms with E-state index in [1.54, 1.807) is 4.90 Å². The highest BCUT2D eigenvalue weighted by atomic mass is 16.2. The summed E-state index contributed by atoms with van der Waals surface area (Å²) in [5.41, 5.74) is 2.73. The maximum Gasteiger partial charge on any atom is 0.319 e. The quantitative estimate of drug-likeness (QED) is 0.616. The number of benzene rings is 1. The third-order valence-electron chi connectivity index (χ3n) is 7.44. The van der Waals surface area contributed by atoms with Crippen LogP contribution in [0.15, 0.2) is 18.2 Å². The van der Waals surface area contributed by atoms with Gasteiger partial charge in [-0.1, -0.05) is 57.7 Å². The first-order valence-corrected chi connectivity index (χ1v) is 12.9. The van der Waals surface area contributed by atoms with Crippen molar-refractivity contribution in [2.24, 2.45) is 11.8 Å². The highest BCUT2D eigenvalue weighted by molar-refractivity contribution is 5.95. The van der Waals surface area contributed by atoms with Gasteiger partial charge in [0.2, 0.25) is 11.8 Å². The molecule has 0 radical (unpaired) electrons. The summed E-state index contributed by atoms with van der Waals surface area (Å²) >= 11 is 0. The zero-order valence-electron chi connectivity index (χ0n) is 21.5. The number of hydrogen-bond donors (Lipinski definition) is 2. The Balaban J connectivity index is 1.55. The topological polar surface area (TPSA) is 81.8 Å². The van der Waals surface area contributed by atoms with Crippen LogP contribution in [0.25, 0.3) is 0 Å². The summed E-state index contributed by atoms with van der Waals surface area (Å²) in [6.45, 7) is 11.3. The lowest BCUT2D eigenvalue weighted by Crippen LogP contribution is -2.60. The molecule has 1 heterocycles. The number of para-hydroxylation sites is 1. The molecule has 0 spiro atoms. The van der Waals surface area contributed by atoms with Gasteiger partial charge in [-0.05, 0) is 50.2 Å². The molecule has 1 saturated heterocycles. The van der Waals surface area contributed by atoms with Crippen LogP contribution in [0.3, 0.4) is 0 Å². The van der Waals surface area contributed by atoms with Crippen molar-refractivity contribution >= 4 is 23.5 Å². The maximum atomic E-state index is 13.4. The monoisotopic (exact) mass is 470 g/mol. The third-order valence-corrected chi connectivity index (χ3v) is 7.44. The van der Waals surface area contributed by atoms with Crippen molar-refractivity contribution < 1.29 is 14.4 Å². The van der Waals surface area contributed by atoms with Gasteiger partial charge in [-0.25, -0.2) is 4.79 Å². The second-order valence-electron chi connectivity index (χ2n) is 10.5. The van der Waals surface area contributed by atoms with E-state index in [-0.39, 0.29) is 29.8 Å². The minimum atomic E-state index is -0.624. The van der Waals surface area contributed by atoms with Gasteiger partial charge in [0.1, 0.15) is 6.04 Å². The fraction of sp³-hybridized carbons (Fsp3) is 0.667. The predicted molar refractivity (Wildman–Crippen MR) is 136 cm³/mol. The van der Waals surface area contributed by atoms with Gasteiger partial charge in [0.15, 0.2) is 0 Å². The van der Waals surface area contributed by atoms with Crippen LogP contribution in [0, 0.1) is 25.7 Å². The van der Waals surface area contributed by atoms with Crippen molar-refractivity contribution in [3.05, 3.63) is 29.3 Å². The standard InChI is InChI=1S/C27H42N4O3/c1-18(2)24(28-27(34)29-25-19(3)9-8-10-20(25)4)26(33)30-15-16-31(21(5)17-30)23(32)14-13-22-11-6-7-12-22/h8-10,18,21-22,24H,6-7,11-17H2,1-5H3,(H2,28,29,34). The minimum Gasteiger partial charge on any atom is -0.337 e. The summed E-state index contributed by atoms with van der Waals surface area (Å²) < 4.78 is 0. The molecule has 2 unspecified atom stereocenters. The number of urea groups is 1. The molecule has 4 amide bonds. The number of carbonyl (C=O) groups is 3. The van der Waals surface area contributed by atoms with Gasteiger partial charge in [0.05, 0.1) is 0 Å². The van der Waals surface area contributed by atoms with Crippen LogP contribution in [0.1, 0.15) is 70.4 Å². The fourth-order valence-corrected chi connectivity index (χ4v) is 5.31. The minimum absolute atomic E-state index is 0.0231. The van der Waals surface area contributed by atoms with E-state index in [0.717, 1.165) is 23.2 Å². The zero-order valence-corrected chi connectivity index (χ0v) is 21.5. The highest BCUT2D eigenvalue weighted by Crippen LogP contribution is 2.29. The third kappa shape index (κ3) is 6.51. The highest BCUT2D eigenvalue weighted by Gasteiger charge is 2.34. The summed E-state index contributed by atoms with van der Waals surface area (Å²) in [6, 6.07) is 4.83. The average Bonchev–Trinajstić information content (AvgIpc) is 3.31. The number of amides is 4. The van der Waals surface area contributed by atoms with Crippen LogP contribution >= 0.6 is 0 Å². The van der Waals surface area contributed by atoms with Gasteiger partial charge in [0, 0.05) is 37.8 Å². The Hall–Kier alpha value is -2.57. The average molecular weight is 471 g/mol. The summed E-state index contributed by atoms with van der Waals surface area (Å²) in [7, 11) is 0. The molecule has 188 valence electrons. The molecule has 2 atom stereocenters. The SMILES string of the molecule is Cc1cccc(C)c1NC(=O)NC(C(=O)N1CCN(C(=O)CCC2CCCC2)C(C)C1)C(C)C. The molecule has 0 aromatic heterocycles. The second kappa shape index (κ2) is 11.7. The van der Waals surface area contributed by atoms with Gasteiger partial charge in [-0.2, -0.15) is 0 Å². The molecule has 34 heavy (non-hydrogen) atoms. The number of nitrogens with zero attached hydrogens (tertiary/aromatic N) is 2. The Morgan fingerprint density at radius 3 is 2.29 bits per heavy atom. The Labute approximate surface area is 204 Å². The molecule has 1 aliphatic heterocycles. The molecule has 2 N–H and O–H groups in total. The van der Waals surface area contributed by atoms with E-state index in [9.17, 15) is 14.4 Å². The molecule has 2 fully saturated rings. The van der Waals surface area contributed by atoms with Gasteiger partial charge in [-0.3, -0.25) is 9.59 Å². The van der Waals surface area contributed by atoms with E-state index in [0.29, 0.717) is 32.0 Å². The molecule has 1 saturated carbocycles. The van der Waals surface area contributed by atoms with Gasteiger partial charge in [0.25, 0.3) is 0 Å². The molecule has 2 aliphatic rings. The van der Waals surface area contributed by atoms with Crippen molar-refractivity contribution in [2.45, 2.75) is 85.2 Å². The summed E-state index contributed by atoms with van der Waals surface area (Å²) in [5.74, 6) is 0.766. The molecule has 1 aromatic carbocycles. The predicted octanol–water partition coefficient (Wildman–Crippen LogP) is 4.48. The van der Waals surface area contributed by atoms with Gasteiger partial charge >= 0.3 is 6.03 Å². The Bertz CT molecular complexity index is 858. The molecule has 7 heteroatoms. The van der Waals surface area contributed by atoms with Gasteiger partial charge < -0.3 is 20.4 Å². The number of aryl methyl sites for hydroxylation is 2. The molecule has 3 rings (SSSR count). The smallest absolute Gasteiger partial charge is 0.319 e. The van der Waals surface area contributed by atoms with E-state index in [1.165, 1.54) is 25.7 Å². The van der Waals surface area contributed by atoms with Crippen LogP contribution in [0.4, 0.5) is 10.5 Å². The molecule has 0 bridgehead atoms. The normalized spacial score (nSPS) is 19.9. The summed E-state index contributed by atoms with van der Waals surface area (Å²) in [6.07, 6.45) is 6.70. The molecule has 7 nitrogen and oxygen atoms in total. The molecule has 1 aliphatic carbocycles. The number of rotatable bonds is 7. The number of piperazine rings is 1. The lowest BCUT2D eigenvalue weighted by Gasteiger charge is -2.41. The van der Waals surface area contributed by atoms with Crippen molar-refractivity contribution in [3.63, 3.8) is 0 Å². The number of carbonyl (C=O) groups excluding carboxylic acids is 3. The summed E-state index contributed by atoms with van der Waals surface area (Å²) in [4.78, 5) is 42.7. The van der Waals surface area contributed by atoms with E-state index in [4.69, 9.17) is 0 Å². The fourth-order valence-electron chi connectivity index (χ4n) is 5.31. The summed E-state index contributed by atoms with van der Waals surface area (Å²) in [5, 5.41) is 5.81. The lowest BCUT2D eigenvalue weighted by molar-refractivity contribution is -0.144. The molecular weight excluding hydrogens is 428 g/mol. The van der Waals surface area contributed by atoms with E-state index < -0.39 is 6.04 Å². The van der Waals surface area contributed by atoms with Crippen molar-refractivity contribution in [1.82, 2.24) is 15.1 Å². The maximum absolute atomic E-state index is 13.4. The van der Waals surface area contributed by atoms with Crippen LogP contribution in [0.2, 0.25) is 0 Å². The van der Waals surface area contributed by atoms with E-state index >= 15 is 0 Å². The molecular formula is C27H42N4O3.